The number of nitrogens with zero attached hydrogens (tertiary/aromatic N) is 3. The number of amides is 1. The number of aliphatic imine (C=N–C) groups is 1. The summed E-state index contributed by atoms with van der Waals surface area (Å²) in [5.74, 6) is 1.39. The van der Waals surface area contributed by atoms with Gasteiger partial charge in [-0.3, -0.25) is 4.79 Å². The maximum atomic E-state index is 13.2. The number of aryl methyl sites for hydroxylation is 1. The third-order valence-electron chi connectivity index (χ3n) is 5.13. The van der Waals surface area contributed by atoms with Gasteiger partial charge in [0.05, 0.1) is 11.1 Å². The SMILES string of the molecule is CC(=O)N1CCN(C2=Nc3cc(C(F)(F)F)ccc3Oc3ccc(C)cc32)CC1. The zero-order valence-electron chi connectivity index (χ0n) is 16.1. The lowest BCUT2D eigenvalue weighted by Crippen LogP contribution is -2.50. The second-order valence-electron chi connectivity index (χ2n) is 7.21. The Hall–Kier alpha value is -3.03. The van der Waals surface area contributed by atoms with Crippen molar-refractivity contribution in [2.75, 3.05) is 26.2 Å². The third-order valence-corrected chi connectivity index (χ3v) is 5.13. The highest BCUT2D eigenvalue weighted by atomic mass is 19.4. The lowest BCUT2D eigenvalue weighted by atomic mass is 10.1. The molecule has 8 heteroatoms. The molecule has 0 atom stereocenters. The minimum atomic E-state index is -4.46. The molecule has 0 aliphatic carbocycles. The molecule has 0 saturated carbocycles. The third kappa shape index (κ3) is 3.79. The summed E-state index contributed by atoms with van der Waals surface area (Å²) in [6.07, 6.45) is -4.46. The molecule has 5 nitrogen and oxygen atoms in total. The highest BCUT2D eigenvalue weighted by Gasteiger charge is 2.33. The van der Waals surface area contributed by atoms with Gasteiger partial charge in [0, 0.05) is 33.1 Å². The Kier molecular flexibility index (Phi) is 4.72. The van der Waals surface area contributed by atoms with Crippen molar-refractivity contribution < 1.29 is 22.7 Å². The van der Waals surface area contributed by atoms with E-state index < -0.39 is 11.7 Å². The van der Waals surface area contributed by atoms with Gasteiger partial charge in [-0.15, -0.1) is 0 Å². The summed E-state index contributed by atoms with van der Waals surface area (Å²) in [6.45, 7) is 5.61. The van der Waals surface area contributed by atoms with Gasteiger partial charge in [-0.2, -0.15) is 13.2 Å². The highest BCUT2D eigenvalue weighted by molar-refractivity contribution is 6.04. The maximum absolute atomic E-state index is 13.2. The van der Waals surface area contributed by atoms with Crippen LogP contribution in [0.25, 0.3) is 0 Å². The Labute approximate surface area is 166 Å². The average molecular weight is 403 g/mol. The fourth-order valence-electron chi connectivity index (χ4n) is 3.54. The molecular formula is C21H20F3N3O2. The van der Waals surface area contributed by atoms with Crippen LogP contribution in [0.2, 0.25) is 0 Å². The Balaban J connectivity index is 1.80. The van der Waals surface area contributed by atoms with Gasteiger partial charge < -0.3 is 14.5 Å². The fourth-order valence-corrected chi connectivity index (χ4v) is 3.54. The summed E-state index contributed by atoms with van der Waals surface area (Å²) >= 11 is 0. The Morgan fingerprint density at radius 1 is 1.03 bits per heavy atom. The summed E-state index contributed by atoms with van der Waals surface area (Å²) in [5, 5.41) is 0. The van der Waals surface area contributed by atoms with Crippen LogP contribution in [-0.4, -0.2) is 47.7 Å². The van der Waals surface area contributed by atoms with Gasteiger partial charge in [-0.25, -0.2) is 4.99 Å². The molecule has 2 heterocycles. The Morgan fingerprint density at radius 3 is 2.38 bits per heavy atom. The average Bonchev–Trinajstić information content (AvgIpc) is 2.83. The van der Waals surface area contributed by atoms with E-state index in [1.165, 1.54) is 13.0 Å². The van der Waals surface area contributed by atoms with Crippen LogP contribution in [0.3, 0.4) is 0 Å². The zero-order valence-corrected chi connectivity index (χ0v) is 16.1. The predicted molar refractivity (Wildman–Crippen MR) is 103 cm³/mol. The number of rotatable bonds is 0. The van der Waals surface area contributed by atoms with Crippen LogP contribution in [0, 0.1) is 6.92 Å². The van der Waals surface area contributed by atoms with E-state index >= 15 is 0 Å². The van der Waals surface area contributed by atoms with Crippen LogP contribution in [0.4, 0.5) is 18.9 Å². The number of carbonyl (C=O) groups is 1. The minimum absolute atomic E-state index is 0.00666. The first-order valence-corrected chi connectivity index (χ1v) is 9.31. The molecule has 4 rings (SSSR count). The number of amidine groups is 1. The van der Waals surface area contributed by atoms with Crippen LogP contribution >= 0.6 is 0 Å². The van der Waals surface area contributed by atoms with Crippen molar-refractivity contribution in [3.05, 3.63) is 53.1 Å². The number of benzene rings is 2. The van der Waals surface area contributed by atoms with Crippen LogP contribution in [0.15, 0.2) is 41.4 Å². The van der Waals surface area contributed by atoms with E-state index in [9.17, 15) is 18.0 Å². The van der Waals surface area contributed by atoms with Crippen molar-refractivity contribution >= 4 is 17.4 Å². The van der Waals surface area contributed by atoms with Gasteiger partial charge >= 0.3 is 6.18 Å². The molecule has 2 aliphatic heterocycles. The first-order chi connectivity index (χ1) is 13.7. The highest BCUT2D eigenvalue weighted by Crippen LogP contribution is 2.42. The second-order valence-corrected chi connectivity index (χ2v) is 7.21. The first-order valence-electron chi connectivity index (χ1n) is 9.31. The zero-order chi connectivity index (χ0) is 20.8. The lowest BCUT2D eigenvalue weighted by Gasteiger charge is -2.36. The predicted octanol–water partition coefficient (Wildman–Crippen LogP) is 4.36. The number of alkyl halides is 3. The smallest absolute Gasteiger partial charge is 0.416 e. The number of piperazine rings is 1. The first kappa shape index (κ1) is 19.3. The standard InChI is InChI=1S/C21H20F3N3O2/c1-13-3-5-18-16(11-13)20(27-9-7-26(8-10-27)14(2)28)25-17-12-15(21(22,23)24)4-6-19(17)29-18/h3-6,11-12H,7-10H2,1-2H3. The summed E-state index contributed by atoms with van der Waals surface area (Å²) in [6, 6.07) is 8.93. The van der Waals surface area contributed by atoms with Crippen LogP contribution < -0.4 is 4.74 Å². The van der Waals surface area contributed by atoms with Gasteiger partial charge in [-0.05, 0) is 37.3 Å². The maximum Gasteiger partial charge on any atom is 0.416 e. The summed E-state index contributed by atoms with van der Waals surface area (Å²) < 4.78 is 45.6. The number of hydrogen-bond donors (Lipinski definition) is 0. The molecule has 2 aliphatic rings. The minimum Gasteiger partial charge on any atom is -0.454 e. The normalized spacial score (nSPS) is 16.4. The summed E-state index contributed by atoms with van der Waals surface area (Å²) in [7, 11) is 0. The Morgan fingerprint density at radius 2 is 1.72 bits per heavy atom. The molecule has 1 saturated heterocycles. The van der Waals surface area contributed by atoms with E-state index in [-0.39, 0.29) is 17.3 Å². The van der Waals surface area contributed by atoms with Crippen LogP contribution in [0.5, 0.6) is 11.5 Å². The molecule has 0 N–H and O–H groups in total. The van der Waals surface area contributed by atoms with Gasteiger partial charge in [0.1, 0.15) is 17.3 Å². The molecule has 152 valence electrons. The number of halogens is 3. The summed E-state index contributed by atoms with van der Waals surface area (Å²) in [4.78, 5) is 20.0. The van der Waals surface area contributed by atoms with Crippen molar-refractivity contribution in [2.45, 2.75) is 20.0 Å². The van der Waals surface area contributed by atoms with E-state index in [0.29, 0.717) is 37.8 Å². The van der Waals surface area contributed by atoms with Crippen LogP contribution in [-0.2, 0) is 11.0 Å². The molecular weight excluding hydrogens is 383 g/mol. The van der Waals surface area contributed by atoms with Crippen molar-refractivity contribution in [3.63, 3.8) is 0 Å². The molecule has 0 unspecified atom stereocenters. The van der Waals surface area contributed by atoms with Gasteiger partial charge in [0.2, 0.25) is 5.91 Å². The van der Waals surface area contributed by atoms with Crippen molar-refractivity contribution in [1.29, 1.82) is 0 Å². The molecule has 0 radical (unpaired) electrons. The van der Waals surface area contributed by atoms with Crippen molar-refractivity contribution in [3.8, 4) is 11.5 Å². The van der Waals surface area contributed by atoms with E-state index in [1.54, 1.807) is 11.0 Å². The molecule has 1 fully saturated rings. The summed E-state index contributed by atoms with van der Waals surface area (Å²) in [5.41, 5.74) is 1.08. The largest absolute Gasteiger partial charge is 0.454 e. The Bertz CT molecular complexity index is 993. The fraction of sp³-hybridized carbons (Fsp3) is 0.333. The number of hydrogen-bond acceptors (Lipinski definition) is 4. The van der Waals surface area contributed by atoms with E-state index in [2.05, 4.69) is 4.99 Å². The monoisotopic (exact) mass is 403 g/mol. The van der Waals surface area contributed by atoms with Gasteiger partial charge in [0.25, 0.3) is 0 Å². The topological polar surface area (TPSA) is 45.1 Å². The molecule has 0 bridgehead atoms. The number of carbonyl (C=O) groups excluding carboxylic acids is 1. The molecule has 29 heavy (non-hydrogen) atoms. The number of ether oxygens (including phenoxy) is 1. The van der Waals surface area contributed by atoms with E-state index in [4.69, 9.17) is 4.74 Å². The molecule has 0 spiro atoms. The van der Waals surface area contributed by atoms with Gasteiger partial charge in [0.15, 0.2) is 5.75 Å². The van der Waals surface area contributed by atoms with Crippen LogP contribution in [0.1, 0.15) is 23.6 Å². The number of fused-ring (bicyclic) bond motifs is 2. The van der Waals surface area contributed by atoms with E-state index in [1.807, 2.05) is 24.0 Å². The van der Waals surface area contributed by atoms with E-state index in [0.717, 1.165) is 23.3 Å². The molecule has 0 aromatic heterocycles. The molecule has 2 aromatic rings. The second kappa shape index (κ2) is 7.09. The van der Waals surface area contributed by atoms with Crippen molar-refractivity contribution in [1.82, 2.24) is 9.80 Å². The lowest BCUT2D eigenvalue weighted by molar-refractivity contribution is -0.137. The molecule has 1 amide bonds. The molecule has 2 aromatic carbocycles. The van der Waals surface area contributed by atoms with Gasteiger partial charge in [-0.1, -0.05) is 11.6 Å². The quantitative estimate of drug-likeness (QED) is 0.657. The van der Waals surface area contributed by atoms with Crippen molar-refractivity contribution in [2.24, 2.45) is 4.99 Å².